The molecule has 0 bridgehead atoms. The van der Waals surface area contributed by atoms with Gasteiger partial charge in [0.1, 0.15) is 18.2 Å². The summed E-state index contributed by atoms with van der Waals surface area (Å²) in [6.45, 7) is 1.79. The first-order valence-electron chi connectivity index (χ1n) is 9.68. The van der Waals surface area contributed by atoms with Gasteiger partial charge in [-0.2, -0.15) is 0 Å². The van der Waals surface area contributed by atoms with E-state index in [4.69, 9.17) is 22.7 Å². The Kier molecular flexibility index (Phi) is 5.69. The number of carbonyl (C=O) groups excluding carboxylic acids is 1. The number of esters is 1. The number of nitrogens with one attached hydrogen (secondary N) is 2. The van der Waals surface area contributed by atoms with E-state index in [0.29, 0.717) is 22.6 Å². The zero-order valence-electron chi connectivity index (χ0n) is 17.0. The van der Waals surface area contributed by atoms with Gasteiger partial charge in [0, 0.05) is 23.4 Å². The maximum atomic E-state index is 13.2. The van der Waals surface area contributed by atoms with E-state index in [1.807, 2.05) is 30.3 Å². The van der Waals surface area contributed by atoms with Gasteiger partial charge >= 0.3 is 5.97 Å². The number of allylic oxidation sites excluding steroid dienone is 1. The number of nitrogen functional groups attached to an aromatic ring is 1. The smallest absolute Gasteiger partial charge is 0.337 e. The number of non-ortho nitro benzene ring substituents is 1. The summed E-state index contributed by atoms with van der Waals surface area (Å²) in [4.78, 5) is 31.2. The highest BCUT2D eigenvalue weighted by atomic mass is 32.1. The zero-order chi connectivity index (χ0) is 22.8. The number of ether oxygens (including phenoxy) is 1. The van der Waals surface area contributed by atoms with Crippen molar-refractivity contribution in [3.8, 4) is 0 Å². The molecule has 3 aromatic rings. The van der Waals surface area contributed by atoms with Gasteiger partial charge in [0.2, 0.25) is 0 Å². The fourth-order valence-electron chi connectivity index (χ4n) is 3.72. The average Bonchev–Trinajstić information content (AvgIpc) is 2.77. The number of hydrogen-bond acceptors (Lipinski definition) is 8. The summed E-state index contributed by atoms with van der Waals surface area (Å²) in [6.07, 6.45) is 0. The van der Waals surface area contributed by atoms with Gasteiger partial charge in [-0.1, -0.05) is 42.5 Å². The molecular formula is C22H19N5O4S. The monoisotopic (exact) mass is 449 g/mol. The molecule has 32 heavy (non-hydrogen) atoms. The van der Waals surface area contributed by atoms with Gasteiger partial charge in [0.05, 0.1) is 16.4 Å². The van der Waals surface area contributed by atoms with Crippen molar-refractivity contribution in [1.29, 1.82) is 0 Å². The molecule has 2 aromatic carbocycles. The number of nitrogens with zero attached hydrogens (tertiary/aromatic N) is 2. The van der Waals surface area contributed by atoms with Crippen molar-refractivity contribution in [2.24, 2.45) is 0 Å². The van der Waals surface area contributed by atoms with Gasteiger partial charge in [0.25, 0.3) is 5.69 Å². The summed E-state index contributed by atoms with van der Waals surface area (Å²) in [7, 11) is 0. The number of H-pyrrole nitrogens is 1. The lowest BCUT2D eigenvalue weighted by Gasteiger charge is -2.30. The molecule has 1 atom stereocenters. The number of nitrogens with two attached hydrogens (primary N) is 1. The summed E-state index contributed by atoms with van der Waals surface area (Å²) >= 11 is 5.13. The molecule has 0 amide bonds. The maximum Gasteiger partial charge on any atom is 0.337 e. The van der Waals surface area contributed by atoms with Crippen molar-refractivity contribution in [3.63, 3.8) is 0 Å². The highest BCUT2D eigenvalue weighted by Crippen LogP contribution is 2.44. The maximum absolute atomic E-state index is 13.2. The van der Waals surface area contributed by atoms with Crippen molar-refractivity contribution in [1.82, 2.24) is 9.97 Å². The van der Waals surface area contributed by atoms with E-state index in [-0.39, 0.29) is 28.5 Å². The van der Waals surface area contributed by atoms with Crippen LogP contribution < -0.4 is 11.1 Å². The predicted molar refractivity (Wildman–Crippen MR) is 121 cm³/mol. The van der Waals surface area contributed by atoms with E-state index in [9.17, 15) is 14.9 Å². The van der Waals surface area contributed by atoms with Gasteiger partial charge in [0.15, 0.2) is 4.77 Å². The minimum absolute atomic E-state index is 0.0793. The van der Waals surface area contributed by atoms with Crippen LogP contribution in [0.3, 0.4) is 0 Å². The fraction of sp³-hybridized carbons (Fsp3) is 0.136. The second kappa shape index (κ2) is 8.60. The second-order valence-corrected chi connectivity index (χ2v) is 7.62. The molecule has 2 heterocycles. The molecule has 0 aliphatic carbocycles. The van der Waals surface area contributed by atoms with Crippen LogP contribution in [0.1, 0.15) is 29.5 Å². The van der Waals surface area contributed by atoms with Crippen molar-refractivity contribution in [2.45, 2.75) is 19.4 Å². The van der Waals surface area contributed by atoms with E-state index in [1.54, 1.807) is 19.1 Å². The highest BCUT2D eigenvalue weighted by Gasteiger charge is 2.36. The molecule has 1 aromatic heterocycles. The van der Waals surface area contributed by atoms with Gasteiger partial charge in [-0.05, 0) is 30.3 Å². The standard InChI is InChI=1S/C22H19N5O4S/c1-12-16(21(28)31-11-13-6-3-2-4-7-13)17(14-8-5-9-15(10-14)27(29)30)18-19(23)25-22(32)26-20(18)24-12/h2-10,17H,11H2,1H3,(H4,23,24,25,26,32). The highest BCUT2D eigenvalue weighted by molar-refractivity contribution is 7.71. The van der Waals surface area contributed by atoms with E-state index >= 15 is 0 Å². The van der Waals surface area contributed by atoms with Crippen LogP contribution in [0, 0.1) is 14.9 Å². The number of carbonyl (C=O) groups is 1. The van der Waals surface area contributed by atoms with Crippen molar-refractivity contribution < 1.29 is 14.5 Å². The van der Waals surface area contributed by atoms with Crippen LogP contribution in [-0.2, 0) is 16.1 Å². The van der Waals surface area contributed by atoms with E-state index < -0.39 is 16.8 Å². The number of hydrogen-bond donors (Lipinski definition) is 3. The summed E-state index contributed by atoms with van der Waals surface area (Å²) in [5, 5.41) is 14.4. The van der Waals surface area contributed by atoms with Gasteiger partial charge in [-0.25, -0.2) is 9.78 Å². The fourth-order valence-corrected chi connectivity index (χ4v) is 3.92. The first-order valence-corrected chi connectivity index (χ1v) is 10.1. The Morgan fingerprint density at radius 2 is 2.00 bits per heavy atom. The van der Waals surface area contributed by atoms with Crippen molar-refractivity contribution in [2.75, 3.05) is 11.1 Å². The number of nitro benzene ring substituents is 1. The normalized spacial score (nSPS) is 15.0. The van der Waals surface area contributed by atoms with Crippen LogP contribution >= 0.6 is 12.2 Å². The quantitative estimate of drug-likeness (QED) is 0.228. The molecular weight excluding hydrogens is 430 g/mol. The Labute approximate surface area is 188 Å². The molecule has 162 valence electrons. The number of aromatic amines is 1. The van der Waals surface area contributed by atoms with E-state index in [1.165, 1.54) is 12.1 Å². The third kappa shape index (κ3) is 4.08. The Morgan fingerprint density at radius 3 is 2.72 bits per heavy atom. The molecule has 0 saturated heterocycles. The number of rotatable bonds is 5. The molecule has 1 unspecified atom stereocenters. The Morgan fingerprint density at radius 1 is 1.25 bits per heavy atom. The second-order valence-electron chi connectivity index (χ2n) is 7.23. The largest absolute Gasteiger partial charge is 0.457 e. The Balaban J connectivity index is 1.81. The van der Waals surface area contributed by atoms with Crippen LogP contribution in [0.15, 0.2) is 65.9 Å². The third-order valence-corrected chi connectivity index (χ3v) is 5.33. The molecule has 9 nitrogen and oxygen atoms in total. The van der Waals surface area contributed by atoms with Crippen LogP contribution in [0.4, 0.5) is 17.3 Å². The number of benzene rings is 2. The zero-order valence-corrected chi connectivity index (χ0v) is 17.8. The van der Waals surface area contributed by atoms with Gasteiger partial charge in [-0.15, -0.1) is 0 Å². The Bertz CT molecular complexity index is 1300. The van der Waals surface area contributed by atoms with Crippen molar-refractivity contribution in [3.05, 3.63) is 97.4 Å². The van der Waals surface area contributed by atoms with Crippen LogP contribution in [0.25, 0.3) is 0 Å². The SMILES string of the molecule is CC1=C(C(=O)OCc2ccccc2)C(c2cccc([N+](=O)[O-])c2)c2c(nc(=S)[nH]c2N)N1. The van der Waals surface area contributed by atoms with Crippen LogP contribution in [-0.4, -0.2) is 20.9 Å². The number of fused-ring (bicyclic) bond motifs is 1. The molecule has 4 N–H and O–H groups in total. The summed E-state index contributed by atoms with van der Waals surface area (Å²) in [6, 6.07) is 15.3. The lowest BCUT2D eigenvalue weighted by Crippen LogP contribution is -2.26. The number of aromatic nitrogens is 2. The topological polar surface area (TPSA) is 136 Å². The molecule has 0 fully saturated rings. The minimum Gasteiger partial charge on any atom is -0.457 e. The molecule has 10 heteroatoms. The molecule has 4 rings (SSSR count). The summed E-state index contributed by atoms with van der Waals surface area (Å²) in [5.41, 5.74) is 8.72. The number of nitro groups is 1. The summed E-state index contributed by atoms with van der Waals surface area (Å²) in [5.74, 6) is -0.707. The molecule has 0 saturated carbocycles. The first-order chi connectivity index (χ1) is 15.3. The molecule has 1 aliphatic heterocycles. The van der Waals surface area contributed by atoms with E-state index in [2.05, 4.69) is 15.3 Å². The lowest BCUT2D eigenvalue weighted by molar-refractivity contribution is -0.384. The number of anilines is 2. The lowest BCUT2D eigenvalue weighted by atomic mass is 9.82. The van der Waals surface area contributed by atoms with Gasteiger partial charge in [-0.3, -0.25) is 10.1 Å². The molecule has 0 spiro atoms. The summed E-state index contributed by atoms with van der Waals surface area (Å²) < 4.78 is 5.76. The van der Waals surface area contributed by atoms with Crippen LogP contribution in [0.5, 0.6) is 0 Å². The Hall–Kier alpha value is -4.05. The first kappa shape index (κ1) is 21.2. The van der Waals surface area contributed by atoms with Crippen LogP contribution in [0.2, 0.25) is 0 Å². The molecule has 0 radical (unpaired) electrons. The van der Waals surface area contributed by atoms with Crippen molar-refractivity contribution >= 4 is 35.5 Å². The average molecular weight is 449 g/mol. The minimum atomic E-state index is -0.742. The molecule has 1 aliphatic rings. The predicted octanol–water partition coefficient (Wildman–Crippen LogP) is 4.20. The van der Waals surface area contributed by atoms with Gasteiger partial charge < -0.3 is 20.8 Å². The van der Waals surface area contributed by atoms with E-state index in [0.717, 1.165) is 5.56 Å². The third-order valence-electron chi connectivity index (χ3n) is 5.13.